The van der Waals surface area contributed by atoms with E-state index in [0.717, 1.165) is 12.8 Å². The Balaban J connectivity index is 1.93. The molecule has 1 unspecified atom stereocenters. The Morgan fingerprint density at radius 3 is 2.24 bits per heavy atom. The first-order chi connectivity index (χ1) is 8.25. The molecule has 0 amide bonds. The van der Waals surface area contributed by atoms with E-state index in [9.17, 15) is 4.39 Å². The molecule has 1 heteroatoms. The fourth-order valence-corrected chi connectivity index (χ4v) is 1.99. The Morgan fingerprint density at radius 1 is 0.941 bits per heavy atom. The van der Waals surface area contributed by atoms with Crippen LogP contribution in [0.5, 0.6) is 0 Å². The lowest BCUT2D eigenvalue weighted by molar-refractivity contribution is 0.623. The molecule has 0 aliphatic heterocycles. The van der Waals surface area contributed by atoms with E-state index in [1.165, 1.54) is 23.3 Å². The van der Waals surface area contributed by atoms with Crippen LogP contribution in [-0.2, 0) is 6.42 Å². The van der Waals surface area contributed by atoms with Crippen LogP contribution in [0.4, 0.5) is 4.39 Å². The zero-order valence-electron chi connectivity index (χ0n) is 10.1. The van der Waals surface area contributed by atoms with Crippen molar-refractivity contribution in [3.63, 3.8) is 0 Å². The second-order valence-corrected chi connectivity index (χ2v) is 4.48. The maximum absolute atomic E-state index is 12.8. The highest BCUT2D eigenvalue weighted by atomic mass is 19.1. The summed E-state index contributed by atoms with van der Waals surface area (Å²) in [7, 11) is 0. The Bertz CT molecular complexity index is 445. The third-order valence-electron chi connectivity index (χ3n) is 3.15. The Kier molecular flexibility index (Phi) is 3.92. The molecule has 88 valence electrons. The van der Waals surface area contributed by atoms with Crippen molar-refractivity contribution < 1.29 is 4.39 Å². The van der Waals surface area contributed by atoms with Crippen molar-refractivity contribution >= 4 is 0 Å². The molecule has 0 aromatic heterocycles. The zero-order valence-corrected chi connectivity index (χ0v) is 10.1. The normalized spacial score (nSPS) is 12.4. The van der Waals surface area contributed by atoms with E-state index >= 15 is 0 Å². The van der Waals surface area contributed by atoms with Crippen molar-refractivity contribution in [2.75, 3.05) is 0 Å². The number of halogens is 1. The molecule has 2 aromatic carbocycles. The van der Waals surface area contributed by atoms with Crippen molar-refractivity contribution in [3.05, 3.63) is 71.5 Å². The summed E-state index contributed by atoms with van der Waals surface area (Å²) in [5.74, 6) is 0.305. The molecule has 0 heterocycles. The molecular formula is C16H17F. The third kappa shape index (κ3) is 3.42. The summed E-state index contributed by atoms with van der Waals surface area (Å²) in [6.45, 7) is 2.19. The summed E-state index contributed by atoms with van der Waals surface area (Å²) in [4.78, 5) is 0. The quantitative estimate of drug-likeness (QED) is 0.719. The second-order valence-electron chi connectivity index (χ2n) is 4.48. The Hall–Kier alpha value is -1.63. The first-order valence-electron chi connectivity index (χ1n) is 6.05. The number of rotatable bonds is 4. The summed E-state index contributed by atoms with van der Waals surface area (Å²) in [5.41, 5.74) is 2.57. The lowest BCUT2D eigenvalue weighted by atomic mass is 9.94. The standard InChI is InChI=1S/C16H17F/c1-13(15-9-11-16(17)12-10-15)7-8-14-5-3-2-4-6-14/h2-6,9-13H,7-8H2,1H3. The van der Waals surface area contributed by atoms with Gasteiger partial charge in [-0.05, 0) is 42.0 Å². The van der Waals surface area contributed by atoms with Gasteiger partial charge in [0.15, 0.2) is 0 Å². The summed E-state index contributed by atoms with van der Waals surface area (Å²) in [6, 6.07) is 17.3. The Morgan fingerprint density at radius 2 is 1.59 bits per heavy atom. The number of hydrogen-bond donors (Lipinski definition) is 0. The maximum atomic E-state index is 12.8. The van der Waals surface area contributed by atoms with E-state index in [4.69, 9.17) is 0 Å². The monoisotopic (exact) mass is 228 g/mol. The highest BCUT2D eigenvalue weighted by molar-refractivity contribution is 5.21. The number of aryl methyl sites for hydroxylation is 1. The molecule has 0 saturated heterocycles. The van der Waals surface area contributed by atoms with Gasteiger partial charge in [-0.25, -0.2) is 4.39 Å². The lowest BCUT2D eigenvalue weighted by Crippen LogP contribution is -1.96. The molecule has 0 N–H and O–H groups in total. The van der Waals surface area contributed by atoms with Crippen LogP contribution in [0.25, 0.3) is 0 Å². The number of benzene rings is 2. The van der Waals surface area contributed by atoms with Crippen LogP contribution in [0.1, 0.15) is 30.4 Å². The van der Waals surface area contributed by atoms with Gasteiger partial charge in [-0.1, -0.05) is 49.4 Å². The topological polar surface area (TPSA) is 0 Å². The fourth-order valence-electron chi connectivity index (χ4n) is 1.99. The summed E-state index contributed by atoms with van der Waals surface area (Å²) in [6.07, 6.45) is 2.16. The van der Waals surface area contributed by atoms with E-state index in [0.29, 0.717) is 5.92 Å². The predicted molar refractivity (Wildman–Crippen MR) is 69.6 cm³/mol. The smallest absolute Gasteiger partial charge is 0.123 e. The highest BCUT2D eigenvalue weighted by Gasteiger charge is 2.05. The van der Waals surface area contributed by atoms with Crippen LogP contribution in [-0.4, -0.2) is 0 Å². The van der Waals surface area contributed by atoms with Crippen molar-refractivity contribution in [1.29, 1.82) is 0 Å². The van der Waals surface area contributed by atoms with Gasteiger partial charge in [0.2, 0.25) is 0 Å². The minimum atomic E-state index is -0.163. The molecule has 0 aliphatic carbocycles. The first kappa shape index (κ1) is 11.8. The SMILES string of the molecule is CC(CCc1ccccc1)c1ccc(F)cc1. The van der Waals surface area contributed by atoms with Crippen LogP contribution < -0.4 is 0 Å². The van der Waals surface area contributed by atoms with E-state index in [-0.39, 0.29) is 5.82 Å². The van der Waals surface area contributed by atoms with Gasteiger partial charge in [-0.15, -0.1) is 0 Å². The molecule has 0 nitrogen and oxygen atoms in total. The summed E-state index contributed by atoms with van der Waals surface area (Å²) < 4.78 is 12.8. The molecular weight excluding hydrogens is 211 g/mol. The van der Waals surface area contributed by atoms with Crippen molar-refractivity contribution in [3.8, 4) is 0 Å². The minimum Gasteiger partial charge on any atom is -0.207 e. The van der Waals surface area contributed by atoms with Crippen LogP contribution in [0, 0.1) is 5.82 Å². The molecule has 0 aliphatic rings. The number of hydrogen-bond acceptors (Lipinski definition) is 0. The van der Waals surface area contributed by atoms with Crippen LogP contribution in [0.2, 0.25) is 0 Å². The van der Waals surface area contributed by atoms with Crippen molar-refractivity contribution in [2.45, 2.75) is 25.7 Å². The lowest BCUT2D eigenvalue weighted by Gasteiger charge is -2.11. The maximum Gasteiger partial charge on any atom is 0.123 e. The molecule has 1 atom stereocenters. The van der Waals surface area contributed by atoms with Crippen molar-refractivity contribution in [1.82, 2.24) is 0 Å². The first-order valence-corrected chi connectivity index (χ1v) is 6.05. The van der Waals surface area contributed by atoms with Gasteiger partial charge in [0.25, 0.3) is 0 Å². The van der Waals surface area contributed by atoms with E-state index < -0.39 is 0 Å². The highest BCUT2D eigenvalue weighted by Crippen LogP contribution is 2.21. The third-order valence-corrected chi connectivity index (χ3v) is 3.15. The van der Waals surface area contributed by atoms with Crippen LogP contribution >= 0.6 is 0 Å². The molecule has 17 heavy (non-hydrogen) atoms. The molecule has 0 spiro atoms. The van der Waals surface area contributed by atoms with Gasteiger partial charge in [-0.2, -0.15) is 0 Å². The van der Waals surface area contributed by atoms with Gasteiger partial charge < -0.3 is 0 Å². The average Bonchev–Trinajstić information content (AvgIpc) is 2.38. The molecule has 0 radical (unpaired) electrons. The molecule has 0 bridgehead atoms. The van der Waals surface area contributed by atoms with Gasteiger partial charge in [0, 0.05) is 0 Å². The van der Waals surface area contributed by atoms with Gasteiger partial charge in [-0.3, -0.25) is 0 Å². The largest absolute Gasteiger partial charge is 0.207 e. The molecule has 0 fully saturated rings. The molecule has 2 rings (SSSR count). The van der Waals surface area contributed by atoms with E-state index in [2.05, 4.69) is 31.2 Å². The molecule has 0 saturated carbocycles. The zero-order chi connectivity index (χ0) is 12.1. The van der Waals surface area contributed by atoms with E-state index in [1.807, 2.05) is 18.2 Å². The van der Waals surface area contributed by atoms with Crippen molar-refractivity contribution in [2.24, 2.45) is 0 Å². The Labute approximate surface area is 102 Å². The predicted octanol–water partition coefficient (Wildman–Crippen LogP) is 4.56. The van der Waals surface area contributed by atoms with Crippen LogP contribution in [0.15, 0.2) is 54.6 Å². The van der Waals surface area contributed by atoms with Gasteiger partial charge in [0.1, 0.15) is 5.82 Å². The second kappa shape index (κ2) is 5.62. The fraction of sp³-hybridized carbons (Fsp3) is 0.250. The molecule has 2 aromatic rings. The van der Waals surface area contributed by atoms with Gasteiger partial charge >= 0.3 is 0 Å². The minimum absolute atomic E-state index is 0.163. The van der Waals surface area contributed by atoms with Crippen LogP contribution in [0.3, 0.4) is 0 Å². The van der Waals surface area contributed by atoms with Gasteiger partial charge in [0.05, 0.1) is 0 Å². The summed E-state index contributed by atoms with van der Waals surface area (Å²) >= 11 is 0. The summed E-state index contributed by atoms with van der Waals surface area (Å²) in [5, 5.41) is 0. The van der Waals surface area contributed by atoms with E-state index in [1.54, 1.807) is 0 Å². The average molecular weight is 228 g/mol.